The molecule has 250 valence electrons. The van der Waals surface area contributed by atoms with Crippen molar-refractivity contribution in [2.45, 2.75) is 45.5 Å². The zero-order valence-corrected chi connectivity index (χ0v) is 31.1. The third kappa shape index (κ3) is 3.80. The second-order valence-electron chi connectivity index (χ2n) is 16.1. The first-order valence-corrected chi connectivity index (χ1v) is 22.0. The topological polar surface area (TPSA) is 20.9 Å². The standard InChI is InChI=1S/C48H40N2OSi/c1-29(2)24-30-22-23-49-44(25-30)46-42(48(49)41-17-11-10-16-37(41)43-21-18-31(28-50(43)48)52(3,4)5)20-19-36-40-26-38-34-14-8-6-12-32(34)33-13-7-9-15-35(33)39(38)27-45(40)51-47(36)46/h6-23,25-29H,24H2,1-5H3/q+2/i24D2. The van der Waals surface area contributed by atoms with Crippen LogP contribution in [0, 0.1) is 5.92 Å². The first-order valence-electron chi connectivity index (χ1n) is 19.5. The van der Waals surface area contributed by atoms with Gasteiger partial charge in [0.1, 0.15) is 27.9 Å². The van der Waals surface area contributed by atoms with Gasteiger partial charge in [0.15, 0.2) is 12.4 Å². The van der Waals surface area contributed by atoms with Crippen molar-refractivity contribution in [3.05, 3.63) is 150 Å². The fourth-order valence-corrected chi connectivity index (χ4v) is 10.5. The molecule has 6 aromatic carbocycles. The van der Waals surface area contributed by atoms with Gasteiger partial charge >= 0.3 is 5.66 Å². The molecule has 52 heavy (non-hydrogen) atoms. The van der Waals surface area contributed by atoms with Gasteiger partial charge in [-0.05, 0) is 86.6 Å². The van der Waals surface area contributed by atoms with Crippen LogP contribution < -0.4 is 14.3 Å². The summed E-state index contributed by atoms with van der Waals surface area (Å²) in [4.78, 5) is 0. The van der Waals surface area contributed by atoms with Gasteiger partial charge < -0.3 is 4.42 Å². The quantitative estimate of drug-likeness (QED) is 0.103. The number of pyridine rings is 2. The number of fused-ring (bicyclic) bond motifs is 20. The normalized spacial score (nSPS) is 17.0. The van der Waals surface area contributed by atoms with Crippen molar-refractivity contribution >= 4 is 67.5 Å². The van der Waals surface area contributed by atoms with Crippen molar-refractivity contribution in [3.63, 3.8) is 0 Å². The second-order valence-corrected chi connectivity index (χ2v) is 21.1. The van der Waals surface area contributed by atoms with Crippen LogP contribution in [0.5, 0.6) is 0 Å². The van der Waals surface area contributed by atoms with E-state index in [1.807, 2.05) is 19.9 Å². The molecule has 2 aliphatic heterocycles. The minimum Gasteiger partial charge on any atom is -0.455 e. The molecule has 0 fully saturated rings. The maximum atomic E-state index is 9.20. The molecule has 0 saturated heterocycles. The average Bonchev–Trinajstić information content (AvgIpc) is 3.80. The maximum Gasteiger partial charge on any atom is 0.417 e. The molecule has 1 unspecified atom stereocenters. The third-order valence-corrected chi connectivity index (χ3v) is 13.7. The SMILES string of the molecule is [2H]C([2H])(c1cc[n+]2c(c1)-c1c(ccc3c1oc1cc4c5ccccc5c5ccccc5c4cc13)C21c2ccccc2-c2ccc([Si](C)(C)C)c[n+]21)C(C)C. The van der Waals surface area contributed by atoms with Gasteiger partial charge in [0.2, 0.25) is 11.4 Å². The number of rotatable bonds is 3. The lowest BCUT2D eigenvalue weighted by molar-refractivity contribution is -0.954. The Labute approximate surface area is 307 Å². The summed E-state index contributed by atoms with van der Waals surface area (Å²) in [5.41, 5.74) is 8.37. The van der Waals surface area contributed by atoms with Gasteiger partial charge in [-0.15, -0.1) is 9.13 Å². The van der Waals surface area contributed by atoms with E-state index in [0.717, 1.165) is 38.8 Å². The summed E-state index contributed by atoms with van der Waals surface area (Å²) in [5, 5.41) is 10.9. The molecule has 3 nitrogen and oxygen atoms in total. The second kappa shape index (κ2) is 10.3. The van der Waals surface area contributed by atoms with Gasteiger partial charge in [-0.1, -0.05) is 100 Å². The van der Waals surface area contributed by atoms with E-state index >= 15 is 0 Å². The highest BCUT2D eigenvalue weighted by Gasteiger charge is 2.67. The molecule has 0 radical (unpaired) electrons. The van der Waals surface area contributed by atoms with E-state index in [0.29, 0.717) is 5.56 Å². The molecule has 0 saturated carbocycles. The Morgan fingerprint density at radius 1 is 0.635 bits per heavy atom. The summed E-state index contributed by atoms with van der Waals surface area (Å²) in [6.45, 7) is 11.1. The van der Waals surface area contributed by atoms with Crippen LogP contribution in [0.1, 0.15) is 33.3 Å². The highest BCUT2D eigenvalue weighted by Crippen LogP contribution is 2.51. The molecule has 0 amide bonds. The summed E-state index contributed by atoms with van der Waals surface area (Å²) in [6.07, 6.45) is 3.02. The maximum absolute atomic E-state index is 9.20. The van der Waals surface area contributed by atoms with E-state index in [1.165, 1.54) is 54.3 Å². The van der Waals surface area contributed by atoms with Crippen LogP contribution in [-0.4, -0.2) is 8.07 Å². The Morgan fingerprint density at radius 2 is 1.31 bits per heavy atom. The minimum atomic E-state index is -1.70. The molecule has 0 N–H and O–H groups in total. The summed E-state index contributed by atoms with van der Waals surface area (Å²) in [6, 6.07) is 44.1. The summed E-state index contributed by atoms with van der Waals surface area (Å²) < 4.78 is 30.4. The van der Waals surface area contributed by atoms with Crippen LogP contribution in [0.4, 0.5) is 0 Å². The van der Waals surface area contributed by atoms with Gasteiger partial charge in [0, 0.05) is 36.9 Å². The van der Waals surface area contributed by atoms with Gasteiger partial charge in [-0.3, -0.25) is 0 Å². The molecule has 9 aromatic rings. The molecule has 11 rings (SSSR count). The molecule has 3 aromatic heterocycles. The van der Waals surface area contributed by atoms with Gasteiger partial charge in [-0.25, -0.2) is 0 Å². The van der Waals surface area contributed by atoms with E-state index in [-0.39, 0.29) is 5.92 Å². The first-order chi connectivity index (χ1) is 26.0. The Hall–Kier alpha value is -5.58. The molecule has 5 heterocycles. The van der Waals surface area contributed by atoms with E-state index in [1.54, 1.807) is 0 Å². The van der Waals surface area contributed by atoms with Crippen LogP contribution in [0.25, 0.3) is 76.8 Å². The molecule has 4 heteroatoms. The predicted molar refractivity (Wildman–Crippen MR) is 217 cm³/mol. The molecule has 1 spiro atoms. The Bertz CT molecular complexity index is 3120. The molecular formula is C48H40N2OSi+2. The summed E-state index contributed by atoms with van der Waals surface area (Å²) in [5.74, 6) is -0.198. The molecule has 1 atom stereocenters. The third-order valence-electron chi connectivity index (χ3n) is 11.6. The fraction of sp³-hybridized carbons (Fsp3) is 0.167. The first kappa shape index (κ1) is 28.1. The number of hydrogen-bond donors (Lipinski definition) is 0. The van der Waals surface area contributed by atoms with Crippen molar-refractivity contribution in [1.82, 2.24) is 0 Å². The largest absolute Gasteiger partial charge is 0.455 e. The fourth-order valence-electron chi connectivity index (χ4n) is 9.40. The van der Waals surface area contributed by atoms with Crippen LogP contribution in [0.3, 0.4) is 0 Å². The van der Waals surface area contributed by atoms with Crippen molar-refractivity contribution in [1.29, 1.82) is 0 Å². The summed E-state index contributed by atoms with van der Waals surface area (Å²) >= 11 is 0. The predicted octanol–water partition coefficient (Wildman–Crippen LogP) is 10.6. The van der Waals surface area contributed by atoms with Crippen LogP contribution in [-0.2, 0) is 12.0 Å². The van der Waals surface area contributed by atoms with Crippen LogP contribution in [0.2, 0.25) is 19.6 Å². The molecule has 0 aliphatic carbocycles. The highest BCUT2D eigenvalue weighted by atomic mass is 28.3. The van der Waals surface area contributed by atoms with Crippen LogP contribution in [0.15, 0.2) is 138 Å². The Morgan fingerprint density at radius 3 is 2.02 bits per heavy atom. The van der Waals surface area contributed by atoms with E-state index in [9.17, 15) is 2.74 Å². The lowest BCUT2D eigenvalue weighted by Crippen LogP contribution is -2.72. The Balaban J connectivity index is 1.30. The highest BCUT2D eigenvalue weighted by molar-refractivity contribution is 6.88. The summed E-state index contributed by atoms with van der Waals surface area (Å²) in [7, 11) is -1.70. The number of nitrogens with zero attached hydrogens (tertiary/aromatic N) is 2. The van der Waals surface area contributed by atoms with Crippen molar-refractivity contribution in [2.24, 2.45) is 5.92 Å². The Kier molecular flexibility index (Phi) is 5.54. The van der Waals surface area contributed by atoms with E-state index in [2.05, 4.69) is 156 Å². The van der Waals surface area contributed by atoms with Crippen molar-refractivity contribution < 1.29 is 16.3 Å². The van der Waals surface area contributed by atoms with Gasteiger partial charge in [0.25, 0.3) is 0 Å². The number of benzene rings is 6. The number of hydrogen-bond acceptors (Lipinski definition) is 1. The zero-order valence-electron chi connectivity index (χ0n) is 32.1. The average molecular weight is 691 g/mol. The smallest absolute Gasteiger partial charge is 0.417 e. The van der Waals surface area contributed by atoms with Gasteiger partial charge in [0.05, 0.1) is 13.6 Å². The minimum absolute atomic E-state index is 0.198. The molecule has 0 bridgehead atoms. The lowest BCUT2D eigenvalue weighted by atomic mass is 9.88. The van der Waals surface area contributed by atoms with Crippen molar-refractivity contribution in [2.75, 3.05) is 0 Å². The number of aromatic nitrogens is 2. The van der Waals surface area contributed by atoms with E-state index < -0.39 is 20.1 Å². The van der Waals surface area contributed by atoms with Gasteiger partial charge in [-0.2, -0.15) is 0 Å². The van der Waals surface area contributed by atoms with Crippen LogP contribution >= 0.6 is 0 Å². The molecular weight excluding hydrogens is 649 g/mol. The molecule has 2 aliphatic rings. The monoisotopic (exact) mass is 690 g/mol. The zero-order chi connectivity index (χ0) is 36.9. The lowest BCUT2D eigenvalue weighted by Gasteiger charge is -2.20. The van der Waals surface area contributed by atoms with E-state index in [4.69, 9.17) is 4.42 Å². The van der Waals surface area contributed by atoms with Crippen molar-refractivity contribution in [3.8, 4) is 22.5 Å². The number of furan rings is 1.